The molecule has 1 amide bonds. The summed E-state index contributed by atoms with van der Waals surface area (Å²) in [6.45, 7) is 9.60. The molecule has 0 bridgehead atoms. The number of thioether (sulfide) groups is 1. The highest BCUT2D eigenvalue weighted by Crippen LogP contribution is 2.49. The summed E-state index contributed by atoms with van der Waals surface area (Å²) < 4.78 is 51.8. The predicted molar refractivity (Wildman–Crippen MR) is 224 cm³/mol. The van der Waals surface area contributed by atoms with Gasteiger partial charge in [0.05, 0.1) is 24.6 Å². The minimum atomic E-state index is -1.08. The van der Waals surface area contributed by atoms with Crippen LogP contribution in [0.2, 0.25) is 0 Å². The number of pyridine rings is 1. The van der Waals surface area contributed by atoms with Crippen molar-refractivity contribution in [1.82, 2.24) is 10.3 Å². The third-order valence-corrected chi connectivity index (χ3v) is 11.1. The number of aromatic nitrogens is 1. The lowest BCUT2D eigenvalue weighted by Gasteiger charge is -2.24. The van der Waals surface area contributed by atoms with Crippen LogP contribution in [0.15, 0.2) is 66.9 Å². The number of unbranched alkanes of at least 4 members (excludes halogenated alkanes) is 4. The summed E-state index contributed by atoms with van der Waals surface area (Å²) in [6.07, 6.45) is 6.38. The second-order valence-electron chi connectivity index (χ2n) is 16.3. The van der Waals surface area contributed by atoms with Gasteiger partial charge in [0, 0.05) is 36.2 Å². The monoisotopic (exact) mass is 832 g/mol. The fraction of sp³-hybridized carbons (Fsp3) is 0.457. The Morgan fingerprint density at radius 2 is 1.47 bits per heavy atom. The molecule has 4 aromatic rings. The minimum absolute atomic E-state index is 0.0394. The number of methoxy groups -OCH3 is 1. The molecule has 1 atom stereocenters. The molecule has 1 aliphatic carbocycles. The summed E-state index contributed by atoms with van der Waals surface area (Å²) in [5.41, 5.74) is -0.0808. The fourth-order valence-corrected chi connectivity index (χ4v) is 7.67. The molecule has 1 saturated carbocycles. The molecule has 0 unspecified atom stereocenters. The molecule has 5 rings (SSSR count). The lowest BCUT2D eigenvalue weighted by atomic mass is 9.88. The van der Waals surface area contributed by atoms with Crippen molar-refractivity contribution in [3.8, 4) is 23.0 Å². The molecule has 1 aliphatic rings. The lowest BCUT2D eigenvalue weighted by molar-refractivity contribution is -0.134. The molecule has 59 heavy (non-hydrogen) atoms. The van der Waals surface area contributed by atoms with Crippen molar-refractivity contribution in [2.45, 2.75) is 104 Å². The van der Waals surface area contributed by atoms with Crippen LogP contribution in [0.1, 0.15) is 90.7 Å². The maximum Gasteiger partial charge on any atom is 0.408 e. The number of fused-ring (bicyclic) bond motifs is 1. The number of benzene rings is 3. The summed E-state index contributed by atoms with van der Waals surface area (Å²) in [4.78, 5) is 55.8. The number of ether oxygens (including phenoxy) is 4. The average Bonchev–Trinajstić information content (AvgIpc) is 4.00. The van der Waals surface area contributed by atoms with Gasteiger partial charge in [0.1, 0.15) is 23.2 Å². The van der Waals surface area contributed by atoms with E-state index in [0.29, 0.717) is 64.5 Å². The molecule has 1 aromatic heterocycles. The third kappa shape index (κ3) is 12.7. The maximum absolute atomic E-state index is 15.4. The predicted octanol–water partition coefficient (Wildman–Crippen LogP) is 10.2. The van der Waals surface area contributed by atoms with Crippen LogP contribution in [-0.2, 0) is 32.0 Å². The zero-order chi connectivity index (χ0) is 42.7. The highest BCUT2D eigenvalue weighted by Gasteiger charge is 2.54. The van der Waals surface area contributed by atoms with Crippen LogP contribution in [-0.4, -0.2) is 58.9 Å². The molecular weight excluding hydrogens is 779 g/mol. The number of alkyl carbamates (subject to hydrolysis) is 1. The Morgan fingerprint density at radius 3 is 2.12 bits per heavy atom. The van der Waals surface area contributed by atoms with E-state index in [9.17, 15) is 23.6 Å². The first-order chi connectivity index (χ1) is 28.1. The van der Waals surface area contributed by atoms with E-state index < -0.39 is 34.8 Å². The standard InChI is InChI=1S/C46H54F2N2O8S/c1-29(2)42(50-44(54)58-45(3,4)5)43(53)59-23-11-9-7-8-10-22-56-39-28-35-33(27-38(39)55-6)36(18-21-49-35)57-37-17-14-31(24-34(37)48)26-41(52)46(19-20-46)40(51)25-30-12-15-32(47)16-13-30/h12-18,21,24,27-29,42H,7-11,19-20,22-23,25-26H2,1-6H3,(H,50,54)/t42-/m0/s1. The molecule has 0 spiro atoms. The molecule has 3 aromatic carbocycles. The number of hydrogen-bond donors (Lipinski definition) is 1. The Labute approximate surface area is 349 Å². The number of halogens is 2. The molecule has 0 aliphatic heterocycles. The zero-order valence-electron chi connectivity index (χ0n) is 34.7. The highest BCUT2D eigenvalue weighted by atomic mass is 32.2. The van der Waals surface area contributed by atoms with Crippen molar-refractivity contribution >= 4 is 45.4 Å². The Balaban J connectivity index is 1.08. The van der Waals surface area contributed by atoms with Gasteiger partial charge in [0.15, 0.2) is 34.6 Å². The van der Waals surface area contributed by atoms with Crippen LogP contribution in [0.4, 0.5) is 13.6 Å². The van der Waals surface area contributed by atoms with Crippen molar-refractivity contribution in [2.24, 2.45) is 11.3 Å². The third-order valence-electron chi connectivity index (χ3n) is 10.0. The van der Waals surface area contributed by atoms with Crippen molar-refractivity contribution in [2.75, 3.05) is 19.5 Å². The number of amides is 1. The number of nitrogens with one attached hydrogen (secondary N) is 1. The van der Waals surface area contributed by atoms with Gasteiger partial charge in [-0.2, -0.15) is 0 Å². The average molecular weight is 833 g/mol. The van der Waals surface area contributed by atoms with E-state index in [0.717, 1.165) is 32.1 Å². The summed E-state index contributed by atoms with van der Waals surface area (Å²) in [5, 5.41) is 3.23. The molecular formula is C46H54F2N2O8S. The van der Waals surface area contributed by atoms with Crippen LogP contribution in [0.3, 0.4) is 0 Å². The van der Waals surface area contributed by atoms with Gasteiger partial charge in [-0.1, -0.05) is 63.1 Å². The minimum Gasteiger partial charge on any atom is -0.493 e. The van der Waals surface area contributed by atoms with Gasteiger partial charge in [-0.25, -0.2) is 13.6 Å². The first kappa shape index (κ1) is 45.1. The van der Waals surface area contributed by atoms with Gasteiger partial charge in [0.25, 0.3) is 0 Å². The van der Waals surface area contributed by atoms with E-state index in [-0.39, 0.29) is 41.2 Å². The van der Waals surface area contributed by atoms with Crippen LogP contribution in [0, 0.1) is 23.0 Å². The molecule has 13 heteroatoms. The fourth-order valence-electron chi connectivity index (χ4n) is 6.61. The molecule has 0 radical (unpaired) electrons. The molecule has 1 N–H and O–H groups in total. The van der Waals surface area contributed by atoms with Gasteiger partial charge >= 0.3 is 6.09 Å². The summed E-state index contributed by atoms with van der Waals surface area (Å²) in [7, 11) is 1.53. The number of hydrogen-bond acceptors (Lipinski definition) is 10. The largest absolute Gasteiger partial charge is 0.493 e. The van der Waals surface area contributed by atoms with Crippen molar-refractivity contribution < 1.29 is 46.9 Å². The second kappa shape index (κ2) is 20.3. The molecule has 0 saturated heterocycles. The zero-order valence-corrected chi connectivity index (χ0v) is 35.5. The second-order valence-corrected chi connectivity index (χ2v) is 17.4. The van der Waals surface area contributed by atoms with E-state index in [4.69, 9.17) is 18.9 Å². The van der Waals surface area contributed by atoms with Crippen molar-refractivity contribution in [3.05, 3.63) is 89.6 Å². The number of carbonyl (C=O) groups is 4. The van der Waals surface area contributed by atoms with E-state index >= 15 is 4.39 Å². The van der Waals surface area contributed by atoms with Crippen LogP contribution >= 0.6 is 11.8 Å². The lowest BCUT2D eigenvalue weighted by Crippen LogP contribution is -2.45. The van der Waals surface area contributed by atoms with E-state index in [1.807, 2.05) is 13.8 Å². The van der Waals surface area contributed by atoms with Crippen LogP contribution in [0.5, 0.6) is 23.0 Å². The molecule has 10 nitrogen and oxygen atoms in total. The smallest absolute Gasteiger partial charge is 0.408 e. The molecule has 1 heterocycles. The van der Waals surface area contributed by atoms with Crippen LogP contribution in [0.25, 0.3) is 10.9 Å². The first-order valence-electron chi connectivity index (χ1n) is 20.1. The normalized spacial score (nSPS) is 13.8. The Hall–Kier alpha value is -5.04. The number of carbonyl (C=O) groups excluding carboxylic acids is 4. The van der Waals surface area contributed by atoms with Crippen LogP contribution < -0.4 is 19.5 Å². The highest BCUT2D eigenvalue weighted by molar-refractivity contribution is 8.13. The van der Waals surface area contributed by atoms with Gasteiger partial charge < -0.3 is 24.3 Å². The van der Waals surface area contributed by atoms with Gasteiger partial charge in [0.2, 0.25) is 5.12 Å². The Bertz CT molecular complexity index is 2110. The topological polar surface area (TPSA) is 130 Å². The summed E-state index contributed by atoms with van der Waals surface area (Å²) >= 11 is 1.24. The number of rotatable bonds is 21. The summed E-state index contributed by atoms with van der Waals surface area (Å²) in [6, 6.07) is 14.5. The SMILES string of the molecule is COc1cc2c(Oc3ccc(CC(=O)C4(C(=O)Cc5ccc(F)cc5)CC4)cc3F)ccnc2cc1OCCCCCCCSC(=O)[C@@H](NC(=O)OC(C)(C)C)C(C)C. The van der Waals surface area contributed by atoms with Crippen molar-refractivity contribution in [1.29, 1.82) is 0 Å². The van der Waals surface area contributed by atoms with E-state index in [2.05, 4.69) is 10.3 Å². The first-order valence-corrected chi connectivity index (χ1v) is 21.1. The van der Waals surface area contributed by atoms with Crippen molar-refractivity contribution in [3.63, 3.8) is 0 Å². The van der Waals surface area contributed by atoms with E-state index in [1.165, 1.54) is 55.3 Å². The number of nitrogens with zero attached hydrogens (tertiary/aromatic N) is 1. The van der Waals surface area contributed by atoms with Gasteiger partial charge in [-0.15, -0.1) is 0 Å². The number of Topliss-reactive ketones (excluding diaryl/α,β-unsaturated/α-hetero) is 2. The molecule has 1 fully saturated rings. The maximum atomic E-state index is 15.4. The van der Waals surface area contributed by atoms with Gasteiger partial charge in [-0.3, -0.25) is 19.4 Å². The quantitative estimate of drug-likeness (QED) is 0.0640. The van der Waals surface area contributed by atoms with E-state index in [1.54, 1.807) is 51.2 Å². The Morgan fingerprint density at radius 1 is 0.814 bits per heavy atom. The van der Waals surface area contributed by atoms with Gasteiger partial charge in [-0.05, 0) is 99.9 Å². The number of ketones is 2. The molecule has 316 valence electrons. The Kier molecular flexibility index (Phi) is 15.5. The summed E-state index contributed by atoms with van der Waals surface area (Å²) in [5.74, 6) is 0.401.